The summed E-state index contributed by atoms with van der Waals surface area (Å²) in [6.45, 7) is 0. The second kappa shape index (κ2) is 3.73. The maximum absolute atomic E-state index is 11.6. The molecule has 2 rings (SSSR count). The summed E-state index contributed by atoms with van der Waals surface area (Å²) < 4.78 is 4.57. The molecule has 0 radical (unpaired) electrons. The minimum atomic E-state index is -0.698. The molecule has 1 aromatic heterocycles. The van der Waals surface area contributed by atoms with Crippen LogP contribution < -0.4 is 5.32 Å². The lowest BCUT2D eigenvalue weighted by molar-refractivity contribution is 0.0911. The fourth-order valence-corrected chi connectivity index (χ4v) is 1.85. The second-order valence-electron chi connectivity index (χ2n) is 3.74. The third-order valence-corrected chi connectivity index (χ3v) is 2.69. The zero-order chi connectivity index (χ0) is 10.7. The lowest BCUT2D eigenvalue weighted by atomic mass is 10.00. The molecule has 15 heavy (non-hydrogen) atoms. The number of carbonyl (C=O) groups excluding carboxylic acids is 1. The largest absolute Gasteiger partial charge is 0.364 e. The van der Waals surface area contributed by atoms with Crippen molar-refractivity contribution in [2.24, 2.45) is 0 Å². The Morgan fingerprint density at radius 2 is 2.33 bits per heavy atom. The molecule has 1 aromatic rings. The van der Waals surface area contributed by atoms with Crippen LogP contribution in [0.25, 0.3) is 0 Å². The number of carbonyl (C=O) groups is 1. The highest BCUT2D eigenvalue weighted by molar-refractivity contribution is 5.92. The minimum absolute atomic E-state index is 0.219. The van der Waals surface area contributed by atoms with Crippen molar-refractivity contribution in [3.05, 3.63) is 18.0 Å². The van der Waals surface area contributed by atoms with Crippen LogP contribution in [0, 0.1) is 11.3 Å². The van der Waals surface area contributed by atoms with Crippen molar-refractivity contribution in [1.29, 1.82) is 5.26 Å². The summed E-state index contributed by atoms with van der Waals surface area (Å²) in [5, 5.41) is 15.3. The first-order chi connectivity index (χ1) is 7.26. The maximum Gasteiger partial charge on any atom is 0.274 e. The number of nitrogens with one attached hydrogen (secondary N) is 1. The van der Waals surface area contributed by atoms with E-state index in [-0.39, 0.29) is 11.6 Å². The van der Waals surface area contributed by atoms with Gasteiger partial charge in [0.25, 0.3) is 5.91 Å². The summed E-state index contributed by atoms with van der Waals surface area (Å²) in [6, 6.07) is 3.66. The van der Waals surface area contributed by atoms with Gasteiger partial charge >= 0.3 is 0 Å². The van der Waals surface area contributed by atoms with E-state index < -0.39 is 5.54 Å². The van der Waals surface area contributed by atoms with E-state index >= 15 is 0 Å². The van der Waals surface area contributed by atoms with E-state index in [1.165, 1.54) is 12.3 Å². The van der Waals surface area contributed by atoms with Crippen molar-refractivity contribution in [3.63, 3.8) is 0 Å². The van der Waals surface area contributed by atoms with Gasteiger partial charge in [-0.05, 0) is 25.7 Å². The van der Waals surface area contributed by atoms with Crippen molar-refractivity contribution in [1.82, 2.24) is 10.5 Å². The molecule has 1 heterocycles. The van der Waals surface area contributed by atoms with Gasteiger partial charge < -0.3 is 9.84 Å². The normalized spacial score (nSPS) is 18.3. The molecule has 1 saturated carbocycles. The predicted octanol–water partition coefficient (Wildman–Crippen LogP) is 1.24. The molecule has 0 aliphatic heterocycles. The molecule has 5 nitrogen and oxygen atoms in total. The number of rotatable bonds is 2. The monoisotopic (exact) mass is 205 g/mol. The van der Waals surface area contributed by atoms with Gasteiger partial charge in [0.15, 0.2) is 5.69 Å². The van der Waals surface area contributed by atoms with E-state index in [9.17, 15) is 4.79 Å². The quantitative estimate of drug-likeness (QED) is 0.787. The van der Waals surface area contributed by atoms with E-state index in [2.05, 4.69) is 21.1 Å². The molecule has 0 spiro atoms. The first kappa shape index (κ1) is 9.71. The van der Waals surface area contributed by atoms with Gasteiger partial charge in [0, 0.05) is 6.07 Å². The Hall–Kier alpha value is -1.83. The summed E-state index contributed by atoms with van der Waals surface area (Å²) >= 11 is 0. The summed E-state index contributed by atoms with van der Waals surface area (Å²) in [4.78, 5) is 11.6. The topological polar surface area (TPSA) is 78.9 Å². The summed E-state index contributed by atoms with van der Waals surface area (Å²) in [5.41, 5.74) is -0.479. The van der Waals surface area contributed by atoms with Crippen molar-refractivity contribution < 1.29 is 9.32 Å². The lowest BCUT2D eigenvalue weighted by Gasteiger charge is -2.20. The molecule has 1 fully saturated rings. The van der Waals surface area contributed by atoms with Crippen LogP contribution in [0.5, 0.6) is 0 Å². The molecule has 0 bridgehead atoms. The Morgan fingerprint density at radius 1 is 1.60 bits per heavy atom. The Labute approximate surface area is 87.0 Å². The van der Waals surface area contributed by atoms with Gasteiger partial charge in [-0.3, -0.25) is 4.79 Å². The van der Waals surface area contributed by atoms with Gasteiger partial charge in [-0.25, -0.2) is 0 Å². The third-order valence-electron chi connectivity index (χ3n) is 2.69. The number of nitriles is 1. The fourth-order valence-electron chi connectivity index (χ4n) is 1.85. The molecule has 1 N–H and O–H groups in total. The van der Waals surface area contributed by atoms with Crippen LogP contribution >= 0.6 is 0 Å². The van der Waals surface area contributed by atoms with Gasteiger partial charge in [-0.15, -0.1) is 0 Å². The van der Waals surface area contributed by atoms with Gasteiger partial charge in [0.05, 0.1) is 6.07 Å². The number of hydrogen-bond acceptors (Lipinski definition) is 4. The van der Waals surface area contributed by atoms with Gasteiger partial charge in [0.2, 0.25) is 0 Å². The fraction of sp³-hybridized carbons (Fsp3) is 0.500. The van der Waals surface area contributed by atoms with Crippen LogP contribution in [0.2, 0.25) is 0 Å². The van der Waals surface area contributed by atoms with Gasteiger partial charge in [-0.1, -0.05) is 5.16 Å². The highest BCUT2D eigenvalue weighted by Gasteiger charge is 2.35. The molecule has 1 aliphatic carbocycles. The number of nitrogens with zero attached hydrogens (tertiary/aromatic N) is 2. The van der Waals surface area contributed by atoms with Crippen LogP contribution in [0.4, 0.5) is 0 Å². The van der Waals surface area contributed by atoms with Crippen molar-refractivity contribution in [2.75, 3.05) is 0 Å². The van der Waals surface area contributed by atoms with Crippen molar-refractivity contribution in [2.45, 2.75) is 31.2 Å². The second-order valence-corrected chi connectivity index (χ2v) is 3.74. The molecule has 78 valence electrons. The van der Waals surface area contributed by atoms with Crippen LogP contribution in [-0.4, -0.2) is 16.6 Å². The highest BCUT2D eigenvalue weighted by atomic mass is 16.5. The summed E-state index contributed by atoms with van der Waals surface area (Å²) in [5.74, 6) is -0.341. The first-order valence-electron chi connectivity index (χ1n) is 4.90. The van der Waals surface area contributed by atoms with Crippen molar-refractivity contribution in [3.8, 4) is 6.07 Å². The van der Waals surface area contributed by atoms with E-state index in [0.29, 0.717) is 12.8 Å². The molecular weight excluding hydrogens is 194 g/mol. The molecule has 0 saturated heterocycles. The lowest BCUT2D eigenvalue weighted by Crippen LogP contribution is -2.45. The molecule has 0 aromatic carbocycles. The Balaban J connectivity index is 2.08. The van der Waals surface area contributed by atoms with Gasteiger partial charge in [0.1, 0.15) is 11.8 Å². The zero-order valence-electron chi connectivity index (χ0n) is 8.19. The van der Waals surface area contributed by atoms with Crippen LogP contribution in [0.15, 0.2) is 16.9 Å². The molecule has 5 heteroatoms. The van der Waals surface area contributed by atoms with E-state index in [1.54, 1.807) is 0 Å². The summed E-state index contributed by atoms with van der Waals surface area (Å²) in [6.07, 6.45) is 4.72. The Bertz CT molecular complexity index is 385. The molecule has 0 unspecified atom stereocenters. The third kappa shape index (κ3) is 1.84. The van der Waals surface area contributed by atoms with E-state index in [4.69, 9.17) is 5.26 Å². The Morgan fingerprint density at radius 3 is 2.87 bits per heavy atom. The van der Waals surface area contributed by atoms with Crippen molar-refractivity contribution >= 4 is 5.91 Å². The SMILES string of the molecule is N#CC1(NC(=O)c2ccon2)CCCC1. The molecular formula is C10H11N3O2. The molecule has 1 aliphatic rings. The maximum atomic E-state index is 11.6. The number of amides is 1. The number of hydrogen-bond donors (Lipinski definition) is 1. The van der Waals surface area contributed by atoms with Crippen LogP contribution in [0.3, 0.4) is 0 Å². The van der Waals surface area contributed by atoms with Gasteiger partial charge in [-0.2, -0.15) is 5.26 Å². The minimum Gasteiger partial charge on any atom is -0.364 e. The zero-order valence-corrected chi connectivity index (χ0v) is 8.19. The average Bonchev–Trinajstić information content (AvgIpc) is 2.88. The van der Waals surface area contributed by atoms with E-state index in [0.717, 1.165) is 12.8 Å². The molecule has 0 atom stereocenters. The van der Waals surface area contributed by atoms with Crippen LogP contribution in [0.1, 0.15) is 36.2 Å². The Kier molecular flexibility index (Phi) is 2.42. The first-order valence-corrected chi connectivity index (χ1v) is 4.90. The number of aromatic nitrogens is 1. The average molecular weight is 205 g/mol. The predicted molar refractivity (Wildman–Crippen MR) is 50.8 cm³/mol. The standard InChI is InChI=1S/C10H11N3O2/c11-7-10(4-1-2-5-10)12-9(14)8-3-6-15-13-8/h3,6H,1-2,4-5H2,(H,12,14). The van der Waals surface area contributed by atoms with Crippen LogP contribution in [-0.2, 0) is 0 Å². The molecule has 1 amide bonds. The van der Waals surface area contributed by atoms with E-state index in [1.807, 2.05) is 0 Å². The summed E-state index contributed by atoms with van der Waals surface area (Å²) in [7, 11) is 0. The smallest absolute Gasteiger partial charge is 0.274 e. The highest BCUT2D eigenvalue weighted by Crippen LogP contribution is 2.29.